The average Bonchev–Trinajstić information content (AvgIpc) is 2.60. The van der Waals surface area contributed by atoms with Crippen molar-refractivity contribution in [2.45, 2.75) is 38.3 Å². The van der Waals surface area contributed by atoms with E-state index in [0.29, 0.717) is 11.4 Å². The summed E-state index contributed by atoms with van der Waals surface area (Å²) in [6.07, 6.45) is 0. The highest BCUT2D eigenvalue weighted by molar-refractivity contribution is 7.92. The van der Waals surface area contributed by atoms with Crippen molar-refractivity contribution in [3.63, 3.8) is 0 Å². The van der Waals surface area contributed by atoms with Crippen molar-refractivity contribution >= 4 is 21.6 Å². The molecular formula is C18H23N3O5S. The number of ether oxygens (including phenoxy) is 1. The number of aryl methyl sites for hydroxylation is 1. The Morgan fingerprint density at radius 3 is 2.33 bits per heavy atom. The number of hydrogen-bond donors (Lipinski definition) is 2. The molecule has 2 aromatic rings. The maximum Gasteiger partial charge on any atom is 0.275 e. The number of hydrogen-bond acceptors (Lipinski definition) is 5. The Morgan fingerprint density at radius 1 is 1.15 bits per heavy atom. The highest BCUT2D eigenvalue weighted by atomic mass is 32.2. The Labute approximate surface area is 158 Å². The maximum atomic E-state index is 12.7. The van der Waals surface area contributed by atoms with Crippen molar-refractivity contribution < 1.29 is 17.9 Å². The summed E-state index contributed by atoms with van der Waals surface area (Å²) >= 11 is 0. The molecule has 9 heteroatoms. The zero-order valence-corrected chi connectivity index (χ0v) is 16.5. The number of carbonyl (C=O) groups excluding carboxylic acids is 1. The van der Waals surface area contributed by atoms with Crippen LogP contribution in [-0.2, 0) is 21.4 Å². The monoisotopic (exact) mass is 393 g/mol. The van der Waals surface area contributed by atoms with Crippen molar-refractivity contribution in [2.75, 3.05) is 11.8 Å². The van der Waals surface area contributed by atoms with Gasteiger partial charge in [-0.15, -0.1) is 0 Å². The summed E-state index contributed by atoms with van der Waals surface area (Å²) in [6, 6.07) is 8.68. The van der Waals surface area contributed by atoms with E-state index in [9.17, 15) is 18.0 Å². The van der Waals surface area contributed by atoms with Crippen LogP contribution in [0.2, 0.25) is 0 Å². The molecule has 1 aromatic heterocycles. The van der Waals surface area contributed by atoms with Crippen LogP contribution in [-0.4, -0.2) is 32.0 Å². The molecule has 8 nitrogen and oxygen atoms in total. The summed E-state index contributed by atoms with van der Waals surface area (Å²) in [7, 11) is -2.48. The molecule has 146 valence electrons. The molecular weight excluding hydrogens is 370 g/mol. The van der Waals surface area contributed by atoms with E-state index in [4.69, 9.17) is 4.74 Å². The van der Waals surface area contributed by atoms with Crippen LogP contribution in [0.1, 0.15) is 19.5 Å². The standard InChI is InChI=1S/C18H23N3O5S/c1-12(2)19-17(22)11-21-13(3)5-10-16(18(21)23)20-27(24,25)15-8-6-14(26-4)7-9-15/h5-10,12,20H,11H2,1-4H3,(H,19,22). The first-order valence-electron chi connectivity index (χ1n) is 8.30. The normalized spacial score (nSPS) is 11.3. The Hall–Kier alpha value is -2.81. The zero-order valence-electron chi connectivity index (χ0n) is 15.6. The van der Waals surface area contributed by atoms with E-state index in [2.05, 4.69) is 10.0 Å². The van der Waals surface area contributed by atoms with Gasteiger partial charge in [-0.05, 0) is 57.2 Å². The molecule has 0 atom stereocenters. The number of methoxy groups -OCH3 is 1. The first kappa shape index (κ1) is 20.5. The first-order chi connectivity index (χ1) is 12.6. The SMILES string of the molecule is COc1ccc(S(=O)(=O)Nc2ccc(C)n(CC(=O)NC(C)C)c2=O)cc1. The molecule has 0 saturated carbocycles. The van der Waals surface area contributed by atoms with Crippen LogP contribution in [0.15, 0.2) is 46.1 Å². The second-order valence-corrected chi connectivity index (χ2v) is 7.97. The molecule has 0 fully saturated rings. The van der Waals surface area contributed by atoms with Crippen LogP contribution in [0.5, 0.6) is 5.75 Å². The van der Waals surface area contributed by atoms with Crippen LogP contribution in [0, 0.1) is 6.92 Å². The molecule has 2 N–H and O–H groups in total. The van der Waals surface area contributed by atoms with Gasteiger partial charge < -0.3 is 14.6 Å². The van der Waals surface area contributed by atoms with Gasteiger partial charge >= 0.3 is 0 Å². The highest BCUT2D eigenvalue weighted by Gasteiger charge is 2.18. The smallest absolute Gasteiger partial charge is 0.275 e. The van der Waals surface area contributed by atoms with Crippen molar-refractivity contribution in [3.05, 3.63) is 52.4 Å². The Bertz CT molecular complexity index is 979. The van der Waals surface area contributed by atoms with Crippen LogP contribution in [0.4, 0.5) is 5.69 Å². The molecule has 0 saturated heterocycles. The predicted octanol–water partition coefficient (Wildman–Crippen LogP) is 1.49. The fourth-order valence-corrected chi connectivity index (χ4v) is 3.47. The third-order valence-electron chi connectivity index (χ3n) is 3.76. The van der Waals surface area contributed by atoms with Gasteiger partial charge in [-0.25, -0.2) is 8.42 Å². The summed E-state index contributed by atoms with van der Waals surface area (Å²) in [4.78, 5) is 24.6. The number of rotatable bonds is 7. The summed E-state index contributed by atoms with van der Waals surface area (Å²) in [5.41, 5.74) is -0.175. The molecule has 0 bridgehead atoms. The topological polar surface area (TPSA) is 106 Å². The van der Waals surface area contributed by atoms with E-state index in [1.165, 1.54) is 42.0 Å². The molecule has 0 radical (unpaired) electrons. The van der Waals surface area contributed by atoms with Crippen molar-refractivity contribution in [1.29, 1.82) is 0 Å². The minimum Gasteiger partial charge on any atom is -0.497 e. The summed E-state index contributed by atoms with van der Waals surface area (Å²) in [6.45, 7) is 5.10. The number of benzene rings is 1. The minimum absolute atomic E-state index is 0.00706. The predicted molar refractivity (Wildman–Crippen MR) is 103 cm³/mol. The number of carbonyl (C=O) groups is 1. The van der Waals surface area contributed by atoms with Crippen molar-refractivity contribution in [2.24, 2.45) is 0 Å². The third-order valence-corrected chi connectivity index (χ3v) is 5.14. The molecule has 0 aliphatic carbocycles. The van der Waals surface area contributed by atoms with E-state index in [-0.39, 0.29) is 29.1 Å². The molecule has 0 aliphatic rings. The van der Waals surface area contributed by atoms with Crippen LogP contribution >= 0.6 is 0 Å². The van der Waals surface area contributed by atoms with Crippen LogP contribution < -0.4 is 20.3 Å². The van der Waals surface area contributed by atoms with Gasteiger partial charge in [-0.1, -0.05) is 0 Å². The van der Waals surface area contributed by atoms with Crippen LogP contribution in [0.25, 0.3) is 0 Å². The van der Waals surface area contributed by atoms with E-state index < -0.39 is 15.6 Å². The lowest BCUT2D eigenvalue weighted by Crippen LogP contribution is -2.37. The average molecular weight is 393 g/mol. The second kappa shape index (κ2) is 8.26. The van der Waals surface area contributed by atoms with Crippen molar-refractivity contribution in [3.8, 4) is 5.75 Å². The van der Waals surface area contributed by atoms with E-state index in [1.54, 1.807) is 13.0 Å². The Kier molecular flexibility index (Phi) is 6.27. The summed E-state index contributed by atoms with van der Waals surface area (Å²) in [5, 5.41) is 2.70. The maximum absolute atomic E-state index is 12.7. The molecule has 0 spiro atoms. The largest absolute Gasteiger partial charge is 0.497 e. The lowest BCUT2D eigenvalue weighted by molar-refractivity contribution is -0.122. The quantitative estimate of drug-likeness (QED) is 0.741. The zero-order chi connectivity index (χ0) is 20.2. The van der Waals surface area contributed by atoms with E-state index in [0.717, 1.165) is 0 Å². The van der Waals surface area contributed by atoms with E-state index >= 15 is 0 Å². The lowest BCUT2D eigenvalue weighted by atomic mass is 10.3. The van der Waals surface area contributed by atoms with Gasteiger partial charge in [0.1, 0.15) is 18.0 Å². The Morgan fingerprint density at radius 2 is 1.78 bits per heavy atom. The first-order valence-corrected chi connectivity index (χ1v) is 9.79. The van der Waals surface area contributed by atoms with Gasteiger partial charge in [0.05, 0.1) is 12.0 Å². The number of amides is 1. The molecule has 2 rings (SSSR count). The minimum atomic E-state index is -3.96. The number of sulfonamides is 1. The molecule has 0 aliphatic heterocycles. The van der Waals surface area contributed by atoms with Gasteiger partial charge in [0, 0.05) is 11.7 Å². The van der Waals surface area contributed by atoms with Gasteiger partial charge in [0.2, 0.25) is 5.91 Å². The molecule has 1 heterocycles. The van der Waals surface area contributed by atoms with Gasteiger partial charge in [-0.2, -0.15) is 0 Å². The van der Waals surface area contributed by atoms with Gasteiger partial charge in [0.15, 0.2) is 0 Å². The fourth-order valence-electron chi connectivity index (χ4n) is 2.41. The number of anilines is 1. The molecule has 0 unspecified atom stereocenters. The summed E-state index contributed by atoms with van der Waals surface area (Å²) in [5.74, 6) is 0.188. The van der Waals surface area contributed by atoms with E-state index in [1.807, 2.05) is 13.8 Å². The molecule has 1 amide bonds. The Balaban J connectivity index is 2.32. The highest BCUT2D eigenvalue weighted by Crippen LogP contribution is 2.18. The second-order valence-electron chi connectivity index (χ2n) is 6.28. The number of nitrogens with one attached hydrogen (secondary N) is 2. The third kappa shape index (κ3) is 5.10. The number of pyridine rings is 1. The number of nitrogens with zero attached hydrogens (tertiary/aromatic N) is 1. The van der Waals surface area contributed by atoms with Gasteiger partial charge in [-0.3, -0.25) is 14.3 Å². The molecule has 1 aromatic carbocycles. The molecule has 27 heavy (non-hydrogen) atoms. The summed E-state index contributed by atoms with van der Waals surface area (Å²) < 4.78 is 33.6. The van der Waals surface area contributed by atoms with Crippen LogP contribution in [0.3, 0.4) is 0 Å². The van der Waals surface area contributed by atoms with Crippen molar-refractivity contribution in [1.82, 2.24) is 9.88 Å². The van der Waals surface area contributed by atoms with Gasteiger partial charge in [0.25, 0.3) is 15.6 Å². The fraction of sp³-hybridized carbons (Fsp3) is 0.333. The lowest BCUT2D eigenvalue weighted by Gasteiger charge is -2.14. The number of aromatic nitrogens is 1.